The van der Waals surface area contributed by atoms with E-state index in [1.807, 2.05) is 24.7 Å². The summed E-state index contributed by atoms with van der Waals surface area (Å²) < 4.78 is 8.31. The van der Waals surface area contributed by atoms with E-state index in [0.717, 1.165) is 76.4 Å². The molecular weight excluding hydrogens is 534 g/mol. The molecule has 8 heteroatoms. The maximum Gasteiger partial charge on any atom is 0.407 e. The summed E-state index contributed by atoms with van der Waals surface area (Å²) in [4.78, 5) is 21.9. The van der Waals surface area contributed by atoms with Crippen molar-refractivity contribution in [1.82, 2.24) is 19.8 Å². The fraction of sp³-hybridized carbons (Fsp3) is 0.515. The maximum absolute atomic E-state index is 12.4. The lowest BCUT2D eigenvalue weighted by atomic mass is 9.58. The number of nitrogens with zero attached hydrogens (tertiary/aromatic N) is 4. The van der Waals surface area contributed by atoms with Crippen molar-refractivity contribution >= 4 is 23.4 Å². The van der Waals surface area contributed by atoms with E-state index in [1.54, 1.807) is 7.05 Å². The number of ether oxygens (including phenoxy) is 1. The zero-order valence-corrected chi connectivity index (χ0v) is 24.8. The van der Waals surface area contributed by atoms with Gasteiger partial charge in [-0.05, 0) is 80.9 Å². The van der Waals surface area contributed by atoms with Crippen LogP contribution in [0.25, 0.3) is 0 Å². The van der Waals surface area contributed by atoms with Gasteiger partial charge in [-0.2, -0.15) is 0 Å². The van der Waals surface area contributed by atoms with Gasteiger partial charge in [0.15, 0.2) is 0 Å². The molecule has 1 aromatic heterocycles. The maximum atomic E-state index is 12.4. The van der Waals surface area contributed by atoms with Crippen LogP contribution in [0.15, 0.2) is 73.3 Å². The van der Waals surface area contributed by atoms with Crippen LogP contribution in [0.5, 0.6) is 0 Å². The van der Waals surface area contributed by atoms with Crippen molar-refractivity contribution in [3.63, 3.8) is 0 Å². The van der Waals surface area contributed by atoms with Gasteiger partial charge in [0.2, 0.25) is 0 Å². The molecule has 6 rings (SSSR count). The number of likely N-dealkylation sites (tertiary alicyclic amines) is 1. The van der Waals surface area contributed by atoms with Crippen LogP contribution in [0.4, 0.5) is 10.5 Å². The summed E-state index contributed by atoms with van der Waals surface area (Å²) in [7, 11) is 1.65. The van der Waals surface area contributed by atoms with Crippen LogP contribution in [0.3, 0.4) is 0 Å². The molecule has 2 aromatic carbocycles. The molecule has 3 fully saturated rings. The lowest BCUT2D eigenvalue weighted by molar-refractivity contribution is 0.00204. The molecule has 1 aliphatic carbocycles. The number of hydrogen-bond acceptors (Lipinski definition) is 5. The van der Waals surface area contributed by atoms with Gasteiger partial charge in [-0.3, -0.25) is 0 Å². The molecule has 3 unspecified atom stereocenters. The number of amides is 1. The number of carbonyl (C=O) groups is 1. The molecule has 3 aliphatic rings. The summed E-state index contributed by atoms with van der Waals surface area (Å²) in [6.45, 7) is 6.43. The summed E-state index contributed by atoms with van der Waals surface area (Å²) in [5.41, 5.74) is 2.48. The van der Waals surface area contributed by atoms with Gasteiger partial charge in [-0.15, -0.1) is 0 Å². The third-order valence-corrected chi connectivity index (χ3v) is 10.1. The number of aromatic nitrogens is 2. The van der Waals surface area contributed by atoms with Gasteiger partial charge >= 0.3 is 6.09 Å². The van der Waals surface area contributed by atoms with Crippen molar-refractivity contribution in [3.8, 4) is 0 Å². The van der Waals surface area contributed by atoms with E-state index in [4.69, 9.17) is 16.3 Å². The normalized spacial score (nSPS) is 23.6. The number of nitrogens with one attached hydrogen (secondary N) is 1. The van der Waals surface area contributed by atoms with Crippen LogP contribution in [0, 0.1) is 17.8 Å². The number of benzene rings is 2. The Kier molecular flexibility index (Phi) is 8.54. The first-order valence-electron chi connectivity index (χ1n) is 15.2. The van der Waals surface area contributed by atoms with Gasteiger partial charge in [0.05, 0.1) is 6.33 Å². The first-order chi connectivity index (χ1) is 20.0. The Hall–Kier alpha value is -3.03. The minimum atomic E-state index is -0.325. The van der Waals surface area contributed by atoms with Crippen molar-refractivity contribution < 1.29 is 9.53 Å². The van der Waals surface area contributed by atoms with Crippen LogP contribution in [-0.2, 0) is 16.7 Å². The average molecular weight is 576 g/mol. The average Bonchev–Trinajstić information content (AvgIpc) is 3.67. The molecule has 2 saturated heterocycles. The predicted octanol–water partition coefficient (Wildman–Crippen LogP) is 5.85. The van der Waals surface area contributed by atoms with E-state index in [1.165, 1.54) is 11.3 Å². The smallest absolute Gasteiger partial charge is 0.407 e. The summed E-state index contributed by atoms with van der Waals surface area (Å²) in [6.07, 6.45) is 10.8. The largest absolute Gasteiger partial charge is 0.446 e. The highest BCUT2D eigenvalue weighted by Gasteiger charge is 2.53. The van der Waals surface area contributed by atoms with Crippen LogP contribution in [-0.4, -0.2) is 66.4 Å². The predicted molar refractivity (Wildman–Crippen MR) is 163 cm³/mol. The fourth-order valence-corrected chi connectivity index (χ4v) is 8.04. The zero-order chi connectivity index (χ0) is 28.2. The Morgan fingerprint density at radius 1 is 1.05 bits per heavy atom. The SMILES string of the molecule is CNC(=O)OC1CCCC1C(Cn1ccnc1)(c1ccccc1)C1CCN(CC2CN(c3ccc(Cl)cc3)C2)CC1. The Morgan fingerprint density at radius 2 is 1.80 bits per heavy atom. The highest BCUT2D eigenvalue weighted by atomic mass is 35.5. The third-order valence-electron chi connectivity index (χ3n) is 9.87. The Bertz CT molecular complexity index is 1260. The van der Waals surface area contributed by atoms with Crippen LogP contribution >= 0.6 is 11.6 Å². The van der Waals surface area contributed by atoms with Gasteiger partial charge in [-0.1, -0.05) is 41.9 Å². The van der Waals surface area contributed by atoms with E-state index in [-0.39, 0.29) is 23.5 Å². The Labute approximate surface area is 248 Å². The molecule has 1 N–H and O–H groups in total. The monoisotopic (exact) mass is 575 g/mol. The van der Waals surface area contributed by atoms with Crippen molar-refractivity contribution in [2.45, 2.75) is 50.2 Å². The van der Waals surface area contributed by atoms with Gasteiger partial charge in [-0.25, -0.2) is 9.78 Å². The molecular formula is C33H42ClN5O2. The molecule has 0 bridgehead atoms. The number of anilines is 1. The number of hydrogen-bond donors (Lipinski definition) is 1. The number of rotatable bonds is 9. The number of piperidine rings is 1. The van der Waals surface area contributed by atoms with E-state index in [9.17, 15) is 4.79 Å². The van der Waals surface area contributed by atoms with Crippen molar-refractivity contribution in [2.24, 2.45) is 17.8 Å². The van der Waals surface area contributed by atoms with Gasteiger partial charge in [0.25, 0.3) is 0 Å². The molecule has 3 atom stereocenters. The van der Waals surface area contributed by atoms with Gasteiger partial charge in [0.1, 0.15) is 6.10 Å². The third kappa shape index (κ3) is 5.98. The lowest BCUT2D eigenvalue weighted by Crippen LogP contribution is -2.55. The second kappa shape index (κ2) is 12.5. The Morgan fingerprint density at radius 3 is 2.49 bits per heavy atom. The lowest BCUT2D eigenvalue weighted by Gasteiger charge is -2.51. The topological polar surface area (TPSA) is 62.6 Å². The molecule has 2 aliphatic heterocycles. The van der Waals surface area contributed by atoms with Gasteiger partial charge < -0.3 is 24.4 Å². The van der Waals surface area contributed by atoms with Gasteiger partial charge in [0, 0.05) is 73.6 Å². The van der Waals surface area contributed by atoms with Crippen LogP contribution in [0.2, 0.25) is 5.02 Å². The van der Waals surface area contributed by atoms with E-state index < -0.39 is 0 Å². The van der Waals surface area contributed by atoms with E-state index >= 15 is 0 Å². The number of carbonyl (C=O) groups excluding carboxylic acids is 1. The quantitative estimate of drug-likeness (QED) is 0.347. The standard InChI is InChI=1S/C33H42ClN5O2/c1-35-32(40)41-31-9-5-8-30(31)33(23-38-19-16-36-24-38,26-6-3-2-4-7-26)27-14-17-37(18-15-27)20-25-21-39(22-25)29-12-10-28(34)11-13-29/h2-4,6-7,10-13,16,19,24-25,27,30-31H,5,8-9,14-15,17-18,20-23H2,1H3,(H,35,40). The zero-order valence-electron chi connectivity index (χ0n) is 24.0. The second-order valence-electron chi connectivity index (χ2n) is 12.2. The number of alkyl carbamates (subject to hydrolysis) is 1. The minimum Gasteiger partial charge on any atom is -0.446 e. The minimum absolute atomic E-state index is 0.0921. The molecule has 1 amide bonds. The molecule has 3 heterocycles. The summed E-state index contributed by atoms with van der Waals surface area (Å²) in [5.74, 6) is 1.43. The fourth-order valence-electron chi connectivity index (χ4n) is 7.92. The first-order valence-corrected chi connectivity index (χ1v) is 15.6. The Balaban J connectivity index is 1.20. The molecule has 7 nitrogen and oxygen atoms in total. The molecule has 0 spiro atoms. The van der Waals surface area contributed by atoms with E-state index in [0.29, 0.717) is 11.8 Å². The highest BCUT2D eigenvalue weighted by Crippen LogP contribution is 2.52. The molecule has 218 valence electrons. The van der Waals surface area contributed by atoms with Crippen molar-refractivity contribution in [3.05, 3.63) is 83.9 Å². The van der Waals surface area contributed by atoms with Crippen molar-refractivity contribution in [2.75, 3.05) is 44.7 Å². The molecule has 0 radical (unpaired) electrons. The molecule has 41 heavy (non-hydrogen) atoms. The summed E-state index contributed by atoms with van der Waals surface area (Å²) in [6, 6.07) is 19.2. The molecule has 3 aromatic rings. The number of halogens is 1. The first kappa shape index (κ1) is 28.1. The van der Waals surface area contributed by atoms with Crippen molar-refractivity contribution in [1.29, 1.82) is 0 Å². The van der Waals surface area contributed by atoms with E-state index in [2.05, 4.69) is 73.3 Å². The van der Waals surface area contributed by atoms with Crippen LogP contribution < -0.4 is 10.2 Å². The highest BCUT2D eigenvalue weighted by molar-refractivity contribution is 6.30. The van der Waals surface area contributed by atoms with Crippen LogP contribution in [0.1, 0.15) is 37.7 Å². The number of imidazole rings is 1. The summed E-state index contributed by atoms with van der Waals surface area (Å²) in [5, 5.41) is 3.48. The summed E-state index contributed by atoms with van der Waals surface area (Å²) >= 11 is 6.08. The second-order valence-corrected chi connectivity index (χ2v) is 12.6. The molecule has 1 saturated carbocycles.